The maximum Gasteiger partial charge on any atom is 0.240 e. The Morgan fingerprint density at radius 1 is 1.53 bits per heavy atom. The minimum Gasteiger partial charge on any atom is -0.391 e. The third-order valence-electron chi connectivity index (χ3n) is 2.93. The summed E-state index contributed by atoms with van der Waals surface area (Å²) in [6.45, 7) is 2.23. The molecule has 2 atom stereocenters. The molecule has 0 saturated carbocycles. The van der Waals surface area contributed by atoms with Crippen molar-refractivity contribution in [1.29, 1.82) is 0 Å². The van der Waals surface area contributed by atoms with E-state index >= 15 is 0 Å². The quantitative estimate of drug-likeness (QED) is 0.648. The van der Waals surface area contributed by atoms with Gasteiger partial charge in [-0.15, -0.1) is 0 Å². The van der Waals surface area contributed by atoms with E-state index in [0.29, 0.717) is 6.54 Å². The van der Waals surface area contributed by atoms with Gasteiger partial charge in [0.2, 0.25) is 5.91 Å². The van der Waals surface area contributed by atoms with Crippen LogP contribution in [0.25, 0.3) is 0 Å². The second kappa shape index (κ2) is 5.18. The van der Waals surface area contributed by atoms with Crippen molar-refractivity contribution in [2.45, 2.75) is 25.0 Å². The highest BCUT2D eigenvalue weighted by Gasteiger charge is 2.28. The Balaban J connectivity index is 1.88. The summed E-state index contributed by atoms with van der Waals surface area (Å²) in [4.78, 5) is 13.8. The van der Waals surface area contributed by atoms with E-state index in [1.165, 1.54) is 0 Å². The van der Waals surface area contributed by atoms with Gasteiger partial charge in [0, 0.05) is 31.1 Å². The minimum atomic E-state index is -0.320. The molecule has 2 N–H and O–H groups in total. The molecule has 2 rings (SSSR count). The monoisotopic (exact) mass is 230 g/mol. The van der Waals surface area contributed by atoms with E-state index in [9.17, 15) is 9.90 Å². The standard InChI is InChI=1S/C10H18N2O2S/c13-8-2-1-4-12(6-8)10(14)9-7-15-5-3-11-9/h8-9,11,13H,1-7H2/t8-,9?/m0/s1. The third kappa shape index (κ3) is 2.86. The highest BCUT2D eigenvalue weighted by Crippen LogP contribution is 2.14. The zero-order chi connectivity index (χ0) is 10.7. The zero-order valence-corrected chi connectivity index (χ0v) is 9.63. The lowest BCUT2D eigenvalue weighted by Gasteiger charge is -2.34. The molecule has 0 aliphatic carbocycles. The van der Waals surface area contributed by atoms with Crippen LogP contribution in [0.4, 0.5) is 0 Å². The molecule has 1 amide bonds. The van der Waals surface area contributed by atoms with Crippen LogP contribution in [0.3, 0.4) is 0 Å². The van der Waals surface area contributed by atoms with Crippen molar-refractivity contribution in [3.63, 3.8) is 0 Å². The highest BCUT2D eigenvalue weighted by molar-refractivity contribution is 7.99. The molecule has 0 aromatic carbocycles. The van der Waals surface area contributed by atoms with Crippen molar-refractivity contribution in [1.82, 2.24) is 10.2 Å². The fraction of sp³-hybridized carbons (Fsp3) is 0.900. The molecule has 15 heavy (non-hydrogen) atoms. The minimum absolute atomic E-state index is 0.0333. The molecule has 2 aliphatic heterocycles. The Hall–Kier alpha value is -0.260. The number of piperidine rings is 1. The fourth-order valence-corrected chi connectivity index (χ4v) is 3.02. The van der Waals surface area contributed by atoms with Gasteiger partial charge in [0.15, 0.2) is 0 Å². The van der Waals surface area contributed by atoms with Crippen LogP contribution in [0.15, 0.2) is 0 Å². The SMILES string of the molecule is O=C(C1CSCCN1)N1CCC[C@H](O)C1. The van der Waals surface area contributed by atoms with Crippen LogP contribution in [-0.4, -0.2) is 59.2 Å². The molecular weight excluding hydrogens is 212 g/mol. The maximum absolute atomic E-state index is 12.0. The lowest BCUT2D eigenvalue weighted by atomic mass is 10.1. The van der Waals surface area contributed by atoms with E-state index in [0.717, 1.165) is 37.4 Å². The van der Waals surface area contributed by atoms with Crippen LogP contribution in [0.2, 0.25) is 0 Å². The summed E-state index contributed by atoms with van der Waals surface area (Å²) in [5.41, 5.74) is 0. The molecule has 4 nitrogen and oxygen atoms in total. The number of aliphatic hydroxyl groups is 1. The van der Waals surface area contributed by atoms with E-state index < -0.39 is 0 Å². The van der Waals surface area contributed by atoms with Crippen LogP contribution >= 0.6 is 11.8 Å². The molecule has 86 valence electrons. The van der Waals surface area contributed by atoms with Crippen LogP contribution < -0.4 is 5.32 Å². The van der Waals surface area contributed by atoms with Crippen molar-refractivity contribution < 1.29 is 9.90 Å². The van der Waals surface area contributed by atoms with Gasteiger partial charge in [-0.3, -0.25) is 4.79 Å². The molecule has 2 fully saturated rings. The lowest BCUT2D eigenvalue weighted by Crippen LogP contribution is -2.53. The van der Waals surface area contributed by atoms with Gasteiger partial charge in [0.25, 0.3) is 0 Å². The summed E-state index contributed by atoms with van der Waals surface area (Å²) >= 11 is 1.82. The van der Waals surface area contributed by atoms with Gasteiger partial charge in [-0.1, -0.05) is 0 Å². The number of carbonyl (C=O) groups excluding carboxylic acids is 1. The smallest absolute Gasteiger partial charge is 0.240 e. The van der Waals surface area contributed by atoms with Gasteiger partial charge < -0.3 is 15.3 Å². The van der Waals surface area contributed by atoms with E-state index in [-0.39, 0.29) is 18.1 Å². The Morgan fingerprint density at radius 3 is 3.07 bits per heavy atom. The van der Waals surface area contributed by atoms with Gasteiger partial charge in [-0.2, -0.15) is 11.8 Å². The van der Waals surface area contributed by atoms with Gasteiger partial charge >= 0.3 is 0 Å². The number of likely N-dealkylation sites (tertiary alicyclic amines) is 1. The summed E-state index contributed by atoms with van der Waals surface area (Å²) in [6.07, 6.45) is 1.43. The van der Waals surface area contributed by atoms with Crippen LogP contribution in [0.5, 0.6) is 0 Å². The molecule has 0 bridgehead atoms. The van der Waals surface area contributed by atoms with Crippen molar-refractivity contribution in [3.8, 4) is 0 Å². The number of thioether (sulfide) groups is 1. The third-order valence-corrected chi connectivity index (χ3v) is 3.99. The summed E-state index contributed by atoms with van der Waals surface area (Å²) in [6, 6.07) is -0.0333. The summed E-state index contributed by atoms with van der Waals surface area (Å²) < 4.78 is 0. The number of rotatable bonds is 1. The number of hydrogen-bond donors (Lipinski definition) is 2. The summed E-state index contributed by atoms with van der Waals surface area (Å²) in [5, 5.41) is 12.7. The number of carbonyl (C=O) groups is 1. The fourth-order valence-electron chi connectivity index (χ4n) is 2.10. The number of amides is 1. The Bertz CT molecular complexity index is 231. The first-order valence-electron chi connectivity index (χ1n) is 5.55. The molecule has 2 aliphatic rings. The highest BCUT2D eigenvalue weighted by atomic mass is 32.2. The van der Waals surface area contributed by atoms with Crippen molar-refractivity contribution in [2.75, 3.05) is 31.1 Å². The number of hydrogen-bond acceptors (Lipinski definition) is 4. The predicted molar refractivity (Wildman–Crippen MR) is 60.9 cm³/mol. The topological polar surface area (TPSA) is 52.6 Å². The van der Waals surface area contributed by atoms with Gasteiger partial charge in [-0.05, 0) is 12.8 Å². The second-order valence-electron chi connectivity index (χ2n) is 4.16. The average molecular weight is 230 g/mol. The van der Waals surface area contributed by atoms with Crippen LogP contribution in [0.1, 0.15) is 12.8 Å². The molecule has 0 radical (unpaired) electrons. The van der Waals surface area contributed by atoms with Gasteiger partial charge in [-0.25, -0.2) is 0 Å². The number of nitrogens with zero attached hydrogens (tertiary/aromatic N) is 1. The van der Waals surface area contributed by atoms with Gasteiger partial charge in [0.05, 0.1) is 12.1 Å². The molecule has 2 heterocycles. The van der Waals surface area contributed by atoms with E-state index in [1.807, 2.05) is 11.8 Å². The van der Waals surface area contributed by atoms with Crippen LogP contribution in [-0.2, 0) is 4.79 Å². The first-order valence-corrected chi connectivity index (χ1v) is 6.71. The Morgan fingerprint density at radius 2 is 2.40 bits per heavy atom. The Kier molecular flexibility index (Phi) is 3.88. The summed E-state index contributed by atoms with van der Waals surface area (Å²) in [5.74, 6) is 2.12. The van der Waals surface area contributed by atoms with Crippen molar-refractivity contribution in [2.24, 2.45) is 0 Å². The lowest BCUT2D eigenvalue weighted by molar-refractivity contribution is -0.135. The summed E-state index contributed by atoms with van der Waals surface area (Å²) in [7, 11) is 0. The number of aliphatic hydroxyl groups excluding tert-OH is 1. The second-order valence-corrected chi connectivity index (χ2v) is 5.31. The van der Waals surface area contributed by atoms with Crippen molar-refractivity contribution in [3.05, 3.63) is 0 Å². The Labute approximate surface area is 94.4 Å². The largest absolute Gasteiger partial charge is 0.391 e. The van der Waals surface area contributed by atoms with Crippen LogP contribution in [0, 0.1) is 0 Å². The normalized spacial score (nSPS) is 32.7. The average Bonchev–Trinajstić information content (AvgIpc) is 2.29. The van der Waals surface area contributed by atoms with E-state index in [2.05, 4.69) is 5.32 Å². The molecule has 0 aromatic rings. The first-order chi connectivity index (χ1) is 7.27. The maximum atomic E-state index is 12.0. The molecule has 1 unspecified atom stereocenters. The van der Waals surface area contributed by atoms with Gasteiger partial charge in [0.1, 0.15) is 0 Å². The van der Waals surface area contributed by atoms with E-state index in [1.54, 1.807) is 4.90 Å². The zero-order valence-electron chi connectivity index (χ0n) is 8.82. The molecule has 0 aromatic heterocycles. The number of β-amino-alcohol motifs (C(OH)–C–C–N with tert-alkyl or cyclic N) is 1. The van der Waals surface area contributed by atoms with E-state index in [4.69, 9.17) is 0 Å². The molecule has 2 saturated heterocycles. The van der Waals surface area contributed by atoms with Crippen molar-refractivity contribution >= 4 is 17.7 Å². The molecule has 0 spiro atoms. The molecule has 5 heteroatoms. The molecular formula is C10H18N2O2S. The first kappa shape index (κ1) is 11.2. The predicted octanol–water partition coefficient (Wildman–Crippen LogP) is -0.325. The number of nitrogens with one attached hydrogen (secondary N) is 1.